The highest BCUT2D eigenvalue weighted by Gasteiger charge is 1.94. The SMILES string of the molecule is C=CC(=C/CC)/C(/C=C\C)=C\CC. The van der Waals surface area contributed by atoms with Gasteiger partial charge < -0.3 is 0 Å². The summed E-state index contributed by atoms with van der Waals surface area (Å²) in [6.07, 6.45) is 12.7. The zero-order valence-corrected chi connectivity index (χ0v) is 9.01. The molecule has 0 aromatic rings. The molecule has 72 valence electrons. The molecule has 0 N–H and O–H groups in total. The Morgan fingerprint density at radius 3 is 2.00 bits per heavy atom. The van der Waals surface area contributed by atoms with Gasteiger partial charge >= 0.3 is 0 Å². The molecule has 0 saturated carbocycles. The molecule has 0 amide bonds. The Labute approximate surface area is 82.4 Å². The zero-order chi connectivity index (χ0) is 10.1. The fourth-order valence-electron chi connectivity index (χ4n) is 1.22. The molecule has 0 heteroatoms. The van der Waals surface area contributed by atoms with Crippen molar-refractivity contribution in [3.8, 4) is 0 Å². The highest BCUT2D eigenvalue weighted by Crippen LogP contribution is 2.14. The third-order valence-corrected chi connectivity index (χ3v) is 1.75. The number of rotatable bonds is 5. The van der Waals surface area contributed by atoms with Gasteiger partial charge in [0.2, 0.25) is 0 Å². The van der Waals surface area contributed by atoms with Gasteiger partial charge in [-0.05, 0) is 30.9 Å². The van der Waals surface area contributed by atoms with Gasteiger partial charge in [-0.2, -0.15) is 0 Å². The lowest BCUT2D eigenvalue weighted by molar-refractivity contribution is 1.18. The minimum Gasteiger partial charge on any atom is -0.0985 e. The van der Waals surface area contributed by atoms with Crippen LogP contribution in [-0.2, 0) is 0 Å². The van der Waals surface area contributed by atoms with Crippen LogP contribution in [0.15, 0.2) is 48.1 Å². The van der Waals surface area contributed by atoms with Crippen LogP contribution in [-0.4, -0.2) is 0 Å². The summed E-state index contributed by atoms with van der Waals surface area (Å²) in [5.74, 6) is 0. The van der Waals surface area contributed by atoms with Crippen molar-refractivity contribution in [2.75, 3.05) is 0 Å². The third-order valence-electron chi connectivity index (χ3n) is 1.75. The van der Waals surface area contributed by atoms with E-state index in [1.165, 1.54) is 11.1 Å². The van der Waals surface area contributed by atoms with E-state index in [2.05, 4.69) is 44.7 Å². The van der Waals surface area contributed by atoms with Crippen LogP contribution in [0.25, 0.3) is 0 Å². The summed E-state index contributed by atoms with van der Waals surface area (Å²) >= 11 is 0. The maximum atomic E-state index is 3.82. The van der Waals surface area contributed by atoms with Crippen molar-refractivity contribution < 1.29 is 0 Å². The topological polar surface area (TPSA) is 0 Å². The maximum absolute atomic E-state index is 3.82. The molecule has 0 nitrogen and oxygen atoms in total. The first-order chi connectivity index (χ1) is 6.29. The van der Waals surface area contributed by atoms with E-state index in [0.29, 0.717) is 0 Å². The Morgan fingerprint density at radius 1 is 1.08 bits per heavy atom. The maximum Gasteiger partial charge on any atom is -0.0231 e. The predicted octanol–water partition coefficient (Wildman–Crippen LogP) is 4.42. The van der Waals surface area contributed by atoms with Gasteiger partial charge in [-0.25, -0.2) is 0 Å². The second-order valence-corrected chi connectivity index (χ2v) is 2.84. The van der Waals surface area contributed by atoms with E-state index in [1.54, 1.807) is 0 Å². The van der Waals surface area contributed by atoms with Gasteiger partial charge in [0.25, 0.3) is 0 Å². The van der Waals surface area contributed by atoms with Crippen LogP contribution in [0.5, 0.6) is 0 Å². The number of allylic oxidation sites excluding steroid dienone is 7. The fourth-order valence-corrected chi connectivity index (χ4v) is 1.22. The van der Waals surface area contributed by atoms with Crippen molar-refractivity contribution in [2.24, 2.45) is 0 Å². The molecule has 0 heterocycles. The van der Waals surface area contributed by atoms with Crippen molar-refractivity contribution >= 4 is 0 Å². The highest BCUT2D eigenvalue weighted by molar-refractivity contribution is 5.45. The Hall–Kier alpha value is -1.04. The van der Waals surface area contributed by atoms with Crippen molar-refractivity contribution in [3.05, 3.63) is 48.1 Å². The Kier molecular flexibility index (Phi) is 6.99. The second-order valence-electron chi connectivity index (χ2n) is 2.84. The van der Waals surface area contributed by atoms with Crippen LogP contribution in [0.1, 0.15) is 33.6 Å². The van der Waals surface area contributed by atoms with E-state index in [0.717, 1.165) is 12.8 Å². The Morgan fingerprint density at radius 2 is 1.62 bits per heavy atom. The lowest BCUT2D eigenvalue weighted by Gasteiger charge is -2.02. The van der Waals surface area contributed by atoms with E-state index in [-0.39, 0.29) is 0 Å². The third kappa shape index (κ3) is 4.51. The molecule has 0 aromatic carbocycles. The minimum absolute atomic E-state index is 1.06. The van der Waals surface area contributed by atoms with Crippen LogP contribution in [0, 0.1) is 0 Å². The monoisotopic (exact) mass is 176 g/mol. The van der Waals surface area contributed by atoms with Crippen molar-refractivity contribution in [1.29, 1.82) is 0 Å². The van der Waals surface area contributed by atoms with E-state index >= 15 is 0 Å². The lowest BCUT2D eigenvalue weighted by Crippen LogP contribution is -1.82. The van der Waals surface area contributed by atoms with Crippen LogP contribution in [0.2, 0.25) is 0 Å². The van der Waals surface area contributed by atoms with Gasteiger partial charge in [0, 0.05) is 0 Å². The van der Waals surface area contributed by atoms with E-state index in [4.69, 9.17) is 0 Å². The second kappa shape index (κ2) is 7.60. The lowest BCUT2D eigenvalue weighted by atomic mass is 10.0. The van der Waals surface area contributed by atoms with Gasteiger partial charge in [-0.3, -0.25) is 0 Å². The summed E-state index contributed by atoms with van der Waals surface area (Å²) in [6, 6.07) is 0. The standard InChI is InChI=1S/C13H20/c1-5-9-12(8-4)13(10-6-2)11-7-3/h6,8-11H,4-5,7H2,1-3H3/b10-6-,12-9-,13-11-. The molecular formula is C13H20. The molecular weight excluding hydrogens is 156 g/mol. The fraction of sp³-hybridized carbons (Fsp3) is 0.385. The van der Waals surface area contributed by atoms with Crippen LogP contribution in [0.3, 0.4) is 0 Å². The van der Waals surface area contributed by atoms with Crippen molar-refractivity contribution in [3.63, 3.8) is 0 Å². The molecule has 0 aromatic heterocycles. The molecule has 0 rings (SSSR count). The minimum atomic E-state index is 1.06. The van der Waals surface area contributed by atoms with Gasteiger partial charge in [0.05, 0.1) is 0 Å². The zero-order valence-electron chi connectivity index (χ0n) is 9.01. The molecule has 0 aliphatic heterocycles. The summed E-state index contributed by atoms with van der Waals surface area (Å²) in [4.78, 5) is 0. The molecule has 0 spiro atoms. The molecule has 0 aliphatic carbocycles. The smallest absolute Gasteiger partial charge is 0.0231 e. The van der Waals surface area contributed by atoms with Crippen LogP contribution >= 0.6 is 0 Å². The molecule has 0 atom stereocenters. The average molecular weight is 176 g/mol. The number of hydrogen-bond acceptors (Lipinski definition) is 0. The normalized spacial score (nSPS) is 13.8. The van der Waals surface area contributed by atoms with E-state index < -0.39 is 0 Å². The van der Waals surface area contributed by atoms with Crippen LogP contribution < -0.4 is 0 Å². The summed E-state index contributed by atoms with van der Waals surface area (Å²) in [7, 11) is 0. The first-order valence-electron chi connectivity index (χ1n) is 4.95. The number of hydrogen-bond donors (Lipinski definition) is 0. The Balaban J connectivity index is 4.80. The molecule has 0 aliphatic rings. The summed E-state index contributed by atoms with van der Waals surface area (Å²) in [5, 5.41) is 0. The van der Waals surface area contributed by atoms with Gasteiger partial charge in [0.15, 0.2) is 0 Å². The molecule has 0 bridgehead atoms. The van der Waals surface area contributed by atoms with Gasteiger partial charge in [-0.1, -0.05) is 50.8 Å². The molecule has 0 saturated heterocycles. The Bertz CT molecular complexity index is 226. The molecule has 0 radical (unpaired) electrons. The highest BCUT2D eigenvalue weighted by atomic mass is 14.0. The summed E-state index contributed by atoms with van der Waals surface area (Å²) in [6.45, 7) is 10.2. The quantitative estimate of drug-likeness (QED) is 0.544. The first kappa shape index (κ1) is 12.0. The van der Waals surface area contributed by atoms with Crippen molar-refractivity contribution in [2.45, 2.75) is 33.6 Å². The summed E-state index contributed by atoms with van der Waals surface area (Å²) in [5.41, 5.74) is 2.52. The first-order valence-corrected chi connectivity index (χ1v) is 4.95. The van der Waals surface area contributed by atoms with Gasteiger partial charge in [-0.15, -0.1) is 0 Å². The summed E-state index contributed by atoms with van der Waals surface area (Å²) < 4.78 is 0. The van der Waals surface area contributed by atoms with Crippen molar-refractivity contribution in [1.82, 2.24) is 0 Å². The van der Waals surface area contributed by atoms with Crippen LogP contribution in [0.4, 0.5) is 0 Å². The van der Waals surface area contributed by atoms with E-state index in [1.807, 2.05) is 13.0 Å². The molecule has 0 unspecified atom stereocenters. The van der Waals surface area contributed by atoms with Gasteiger partial charge in [0.1, 0.15) is 0 Å². The predicted molar refractivity (Wildman–Crippen MR) is 61.8 cm³/mol. The molecule has 0 fully saturated rings. The molecule has 13 heavy (non-hydrogen) atoms. The average Bonchev–Trinajstić information content (AvgIpc) is 2.14. The van der Waals surface area contributed by atoms with E-state index in [9.17, 15) is 0 Å². The largest absolute Gasteiger partial charge is 0.0985 e.